The van der Waals surface area contributed by atoms with E-state index in [0.29, 0.717) is 11.8 Å². The number of phenolic OH excluding ortho intramolecular Hbond substituents is 1. The molecule has 1 aromatic carbocycles. The fourth-order valence-electron chi connectivity index (χ4n) is 6.57. The van der Waals surface area contributed by atoms with Gasteiger partial charge in [-0.05, 0) is 74.5 Å². The van der Waals surface area contributed by atoms with Crippen LogP contribution >= 0.6 is 0 Å². The molecule has 0 saturated carbocycles. The number of benzene rings is 1. The van der Waals surface area contributed by atoms with Gasteiger partial charge in [-0.2, -0.15) is 0 Å². The standard InChI is InChI=1S/C29H40O8/c1-13(2)10-19-11-15(4)20-9-8-14(3)22-24(20)23(19)16(5)27(25(22)32)37-29-26(33)28(36-18(7)31)21(12-34-29)35-17(6)30/h10,14-15,19-21,26,28-29,32-33H,8-9,11-12H2,1-7H3/t14-,15-,19-,20+,21+,26-,28+,29-/m0/s1. The molecule has 37 heavy (non-hydrogen) atoms. The summed E-state index contributed by atoms with van der Waals surface area (Å²) in [6.45, 7) is 12.9. The summed E-state index contributed by atoms with van der Waals surface area (Å²) in [6.07, 6.45) is 0.573. The molecule has 2 aliphatic carbocycles. The number of carbonyl (C=O) groups excluding carboxylic acids is 2. The highest BCUT2D eigenvalue weighted by atomic mass is 16.7. The molecule has 8 atom stereocenters. The van der Waals surface area contributed by atoms with E-state index in [9.17, 15) is 19.8 Å². The first-order valence-corrected chi connectivity index (χ1v) is 13.3. The normalized spacial score (nSPS) is 32.6. The number of phenols is 1. The Morgan fingerprint density at radius 2 is 1.68 bits per heavy atom. The van der Waals surface area contributed by atoms with Crippen molar-refractivity contribution < 1.29 is 38.7 Å². The van der Waals surface area contributed by atoms with Crippen molar-refractivity contribution in [2.75, 3.05) is 6.61 Å². The average molecular weight is 517 g/mol. The number of hydrogen-bond donors (Lipinski definition) is 2. The molecule has 8 heteroatoms. The summed E-state index contributed by atoms with van der Waals surface area (Å²) in [5.41, 5.74) is 5.42. The predicted molar refractivity (Wildman–Crippen MR) is 137 cm³/mol. The number of aliphatic hydroxyl groups is 1. The molecule has 0 spiro atoms. The summed E-state index contributed by atoms with van der Waals surface area (Å²) < 4.78 is 22.5. The molecular weight excluding hydrogens is 476 g/mol. The lowest BCUT2D eigenvalue weighted by Crippen LogP contribution is -2.57. The zero-order valence-corrected chi connectivity index (χ0v) is 22.9. The highest BCUT2D eigenvalue weighted by molar-refractivity contribution is 5.67. The van der Waals surface area contributed by atoms with Gasteiger partial charge in [-0.1, -0.05) is 25.5 Å². The van der Waals surface area contributed by atoms with Gasteiger partial charge in [-0.25, -0.2) is 0 Å². The first kappa shape index (κ1) is 27.5. The summed E-state index contributed by atoms with van der Waals surface area (Å²) in [7, 11) is 0. The second-order valence-electron chi connectivity index (χ2n) is 11.2. The van der Waals surface area contributed by atoms with Crippen LogP contribution < -0.4 is 4.74 Å². The van der Waals surface area contributed by atoms with Gasteiger partial charge in [0.05, 0.1) is 6.61 Å². The number of aromatic hydroxyl groups is 1. The van der Waals surface area contributed by atoms with E-state index in [4.69, 9.17) is 18.9 Å². The molecule has 1 heterocycles. The van der Waals surface area contributed by atoms with Gasteiger partial charge < -0.3 is 29.2 Å². The van der Waals surface area contributed by atoms with Crippen molar-refractivity contribution in [1.29, 1.82) is 0 Å². The molecule has 0 aromatic heterocycles. The van der Waals surface area contributed by atoms with Gasteiger partial charge in [0, 0.05) is 25.3 Å². The van der Waals surface area contributed by atoms with Crippen LogP contribution in [0.5, 0.6) is 11.5 Å². The van der Waals surface area contributed by atoms with Gasteiger partial charge in [0.25, 0.3) is 0 Å². The van der Waals surface area contributed by atoms with Crippen LogP contribution in [0.3, 0.4) is 0 Å². The number of ether oxygens (including phenoxy) is 4. The number of esters is 2. The molecule has 0 amide bonds. The Bertz CT molecular complexity index is 1090. The number of rotatable bonds is 5. The van der Waals surface area contributed by atoms with E-state index in [1.165, 1.54) is 30.5 Å². The summed E-state index contributed by atoms with van der Waals surface area (Å²) in [6, 6.07) is 0. The summed E-state index contributed by atoms with van der Waals surface area (Å²) in [5.74, 6) is 0.384. The first-order chi connectivity index (χ1) is 17.4. The molecule has 1 aliphatic heterocycles. The molecule has 204 valence electrons. The van der Waals surface area contributed by atoms with Crippen LogP contribution in [0.25, 0.3) is 0 Å². The predicted octanol–water partition coefficient (Wildman–Crippen LogP) is 4.73. The molecule has 1 aromatic rings. The maximum absolute atomic E-state index is 11.7. The van der Waals surface area contributed by atoms with Crippen LogP contribution in [0, 0.1) is 12.8 Å². The molecule has 0 unspecified atom stereocenters. The monoisotopic (exact) mass is 516 g/mol. The summed E-state index contributed by atoms with van der Waals surface area (Å²) in [5, 5.41) is 22.6. The molecular formula is C29H40O8. The minimum Gasteiger partial charge on any atom is -0.504 e. The second-order valence-corrected chi connectivity index (χ2v) is 11.2. The van der Waals surface area contributed by atoms with E-state index in [2.05, 4.69) is 33.8 Å². The van der Waals surface area contributed by atoms with Gasteiger partial charge in [0.15, 0.2) is 29.8 Å². The molecule has 2 N–H and O–H groups in total. The Hall–Kier alpha value is -2.58. The van der Waals surface area contributed by atoms with Gasteiger partial charge in [-0.3, -0.25) is 9.59 Å². The largest absolute Gasteiger partial charge is 0.504 e. The molecule has 4 rings (SSSR count). The van der Waals surface area contributed by atoms with Crippen molar-refractivity contribution in [2.45, 2.75) is 110 Å². The Kier molecular flexibility index (Phi) is 7.91. The van der Waals surface area contributed by atoms with Crippen LogP contribution in [0.2, 0.25) is 0 Å². The van der Waals surface area contributed by atoms with Crippen LogP contribution in [0.15, 0.2) is 11.6 Å². The summed E-state index contributed by atoms with van der Waals surface area (Å²) >= 11 is 0. The van der Waals surface area contributed by atoms with E-state index in [1.807, 2.05) is 6.92 Å². The highest BCUT2D eigenvalue weighted by Gasteiger charge is 2.47. The van der Waals surface area contributed by atoms with Crippen molar-refractivity contribution in [3.8, 4) is 11.5 Å². The maximum Gasteiger partial charge on any atom is 0.303 e. The first-order valence-electron chi connectivity index (χ1n) is 13.3. The third-order valence-electron chi connectivity index (χ3n) is 8.05. The lowest BCUT2D eigenvalue weighted by atomic mass is 9.62. The van der Waals surface area contributed by atoms with E-state index >= 15 is 0 Å². The van der Waals surface area contributed by atoms with Crippen molar-refractivity contribution in [2.24, 2.45) is 5.92 Å². The zero-order chi connectivity index (χ0) is 27.2. The van der Waals surface area contributed by atoms with Gasteiger partial charge in [0.1, 0.15) is 0 Å². The quantitative estimate of drug-likeness (QED) is 0.427. The van der Waals surface area contributed by atoms with Crippen LogP contribution in [0.1, 0.15) is 101 Å². The van der Waals surface area contributed by atoms with Gasteiger partial charge in [-0.15, -0.1) is 0 Å². The topological polar surface area (TPSA) is 112 Å². The number of carbonyl (C=O) groups is 2. The molecule has 0 radical (unpaired) electrons. The second kappa shape index (κ2) is 10.7. The minimum absolute atomic E-state index is 0.0837. The Morgan fingerprint density at radius 3 is 2.30 bits per heavy atom. The number of hydrogen-bond acceptors (Lipinski definition) is 8. The van der Waals surface area contributed by atoms with E-state index in [0.717, 1.165) is 30.4 Å². The van der Waals surface area contributed by atoms with Crippen LogP contribution in [-0.4, -0.2) is 53.4 Å². The molecule has 8 nitrogen and oxygen atoms in total. The lowest BCUT2D eigenvalue weighted by molar-refractivity contribution is -0.254. The molecule has 1 fully saturated rings. The van der Waals surface area contributed by atoms with Crippen LogP contribution in [0.4, 0.5) is 0 Å². The number of aliphatic hydroxyl groups excluding tert-OH is 1. The van der Waals surface area contributed by atoms with Crippen LogP contribution in [-0.2, 0) is 23.8 Å². The molecule has 1 saturated heterocycles. The van der Waals surface area contributed by atoms with E-state index in [1.54, 1.807) is 0 Å². The van der Waals surface area contributed by atoms with E-state index < -0.39 is 36.5 Å². The average Bonchev–Trinajstić information content (AvgIpc) is 2.78. The zero-order valence-electron chi connectivity index (χ0n) is 22.9. The van der Waals surface area contributed by atoms with Crippen molar-refractivity contribution in [3.63, 3.8) is 0 Å². The lowest BCUT2D eigenvalue weighted by Gasteiger charge is -2.44. The minimum atomic E-state index is -1.44. The van der Waals surface area contributed by atoms with Crippen molar-refractivity contribution in [3.05, 3.63) is 33.9 Å². The fraction of sp³-hybridized carbons (Fsp3) is 0.655. The third-order valence-corrected chi connectivity index (χ3v) is 8.05. The fourth-order valence-corrected chi connectivity index (χ4v) is 6.57. The summed E-state index contributed by atoms with van der Waals surface area (Å²) in [4.78, 5) is 23.3. The van der Waals surface area contributed by atoms with Crippen molar-refractivity contribution >= 4 is 11.9 Å². The molecule has 0 bridgehead atoms. The number of allylic oxidation sites excluding steroid dienone is 2. The Morgan fingerprint density at radius 1 is 1.00 bits per heavy atom. The Labute approximate surface area is 218 Å². The van der Waals surface area contributed by atoms with E-state index in [-0.39, 0.29) is 29.9 Å². The van der Waals surface area contributed by atoms with Crippen molar-refractivity contribution in [1.82, 2.24) is 0 Å². The molecule has 3 aliphatic rings. The highest BCUT2D eigenvalue weighted by Crippen LogP contribution is 2.58. The van der Waals surface area contributed by atoms with Gasteiger partial charge >= 0.3 is 11.9 Å². The maximum atomic E-state index is 11.7. The SMILES string of the molecule is CC(=O)O[C@H]1[C@H](O)[C@H](Oc2c(C)c3c4c(c2O)[C@@H](C)CC[C@@H]4[C@@H](C)C[C@@H]3C=C(C)C)OC[C@H]1OC(C)=O. The Balaban J connectivity index is 1.77. The van der Waals surface area contributed by atoms with Gasteiger partial charge in [0.2, 0.25) is 6.29 Å². The third kappa shape index (κ3) is 5.23. The smallest absolute Gasteiger partial charge is 0.303 e.